The van der Waals surface area contributed by atoms with E-state index < -0.39 is 0 Å². The number of aldehydes is 1. The van der Waals surface area contributed by atoms with Crippen molar-refractivity contribution in [1.29, 1.82) is 0 Å². The molecule has 0 aliphatic heterocycles. The van der Waals surface area contributed by atoms with Crippen LogP contribution >= 0.6 is 15.9 Å². The van der Waals surface area contributed by atoms with Gasteiger partial charge in [0.15, 0.2) is 11.5 Å². The SMILES string of the molecule is CCc1ccc(Oc2ccc(C=O)cc2Br)c(OC)c1. The van der Waals surface area contributed by atoms with Gasteiger partial charge in [-0.25, -0.2) is 0 Å². The number of aryl methyl sites for hydroxylation is 1. The Labute approximate surface area is 126 Å². The van der Waals surface area contributed by atoms with Gasteiger partial charge in [-0.3, -0.25) is 4.79 Å². The Hall–Kier alpha value is -1.81. The molecular weight excluding hydrogens is 320 g/mol. The van der Waals surface area contributed by atoms with Crippen LogP contribution in [0.5, 0.6) is 17.2 Å². The standard InChI is InChI=1S/C16H15BrO3/c1-3-11-4-7-15(16(9-11)19-2)20-14-6-5-12(10-18)8-13(14)17/h4-10H,3H2,1-2H3. The number of ether oxygens (including phenoxy) is 2. The summed E-state index contributed by atoms with van der Waals surface area (Å²) in [6.45, 7) is 2.09. The first-order chi connectivity index (χ1) is 9.67. The van der Waals surface area contributed by atoms with Crippen molar-refractivity contribution >= 4 is 22.2 Å². The molecule has 0 saturated carbocycles. The lowest BCUT2D eigenvalue weighted by atomic mass is 10.1. The van der Waals surface area contributed by atoms with E-state index in [1.54, 1.807) is 25.3 Å². The van der Waals surface area contributed by atoms with Crippen LogP contribution in [0, 0.1) is 0 Å². The van der Waals surface area contributed by atoms with Gasteiger partial charge < -0.3 is 9.47 Å². The molecule has 2 aromatic carbocycles. The predicted molar refractivity (Wildman–Crippen MR) is 82.0 cm³/mol. The van der Waals surface area contributed by atoms with Gasteiger partial charge in [0, 0.05) is 5.56 Å². The van der Waals surface area contributed by atoms with E-state index in [1.165, 1.54) is 5.56 Å². The Morgan fingerprint density at radius 2 is 1.85 bits per heavy atom. The van der Waals surface area contributed by atoms with E-state index in [-0.39, 0.29) is 0 Å². The summed E-state index contributed by atoms with van der Waals surface area (Å²) in [5, 5.41) is 0. The predicted octanol–water partition coefficient (Wildman–Crippen LogP) is 4.62. The summed E-state index contributed by atoms with van der Waals surface area (Å²) in [7, 11) is 1.62. The molecule has 4 heteroatoms. The van der Waals surface area contributed by atoms with E-state index in [9.17, 15) is 4.79 Å². The third kappa shape index (κ3) is 3.20. The number of methoxy groups -OCH3 is 1. The largest absolute Gasteiger partial charge is 0.493 e. The second-order valence-electron chi connectivity index (χ2n) is 4.25. The molecule has 0 spiro atoms. The summed E-state index contributed by atoms with van der Waals surface area (Å²) in [5.74, 6) is 1.97. The van der Waals surface area contributed by atoms with Crippen molar-refractivity contribution in [3.05, 3.63) is 52.0 Å². The molecule has 0 aliphatic rings. The van der Waals surface area contributed by atoms with Crippen molar-refractivity contribution in [2.75, 3.05) is 7.11 Å². The average molecular weight is 335 g/mol. The topological polar surface area (TPSA) is 35.5 Å². The lowest BCUT2D eigenvalue weighted by Gasteiger charge is -2.12. The summed E-state index contributed by atoms with van der Waals surface area (Å²) >= 11 is 3.40. The minimum Gasteiger partial charge on any atom is -0.493 e. The van der Waals surface area contributed by atoms with Crippen LogP contribution in [0.4, 0.5) is 0 Å². The molecule has 20 heavy (non-hydrogen) atoms. The van der Waals surface area contributed by atoms with Gasteiger partial charge in [-0.05, 0) is 58.2 Å². The van der Waals surface area contributed by atoms with Crippen LogP contribution in [0.25, 0.3) is 0 Å². The molecule has 0 heterocycles. The van der Waals surface area contributed by atoms with Crippen molar-refractivity contribution in [3.8, 4) is 17.2 Å². The zero-order valence-electron chi connectivity index (χ0n) is 11.4. The highest BCUT2D eigenvalue weighted by Gasteiger charge is 2.09. The fraction of sp³-hybridized carbons (Fsp3) is 0.188. The first-order valence-electron chi connectivity index (χ1n) is 6.27. The minimum absolute atomic E-state index is 0.595. The van der Waals surface area contributed by atoms with E-state index in [0.717, 1.165) is 17.2 Å². The van der Waals surface area contributed by atoms with Gasteiger partial charge in [-0.1, -0.05) is 13.0 Å². The number of carbonyl (C=O) groups excluding carboxylic acids is 1. The molecule has 0 N–H and O–H groups in total. The first-order valence-corrected chi connectivity index (χ1v) is 7.06. The minimum atomic E-state index is 0.595. The van der Waals surface area contributed by atoms with Crippen LogP contribution in [0.1, 0.15) is 22.8 Å². The molecule has 2 rings (SSSR count). The van der Waals surface area contributed by atoms with Gasteiger partial charge in [-0.2, -0.15) is 0 Å². The maximum Gasteiger partial charge on any atom is 0.169 e. The summed E-state index contributed by atoms with van der Waals surface area (Å²) in [6, 6.07) is 11.0. The summed E-state index contributed by atoms with van der Waals surface area (Å²) < 4.78 is 11.9. The van der Waals surface area contributed by atoms with E-state index in [0.29, 0.717) is 22.8 Å². The number of benzene rings is 2. The Bertz CT molecular complexity index is 623. The number of halogens is 1. The molecule has 0 bridgehead atoms. The fourth-order valence-electron chi connectivity index (χ4n) is 1.81. The molecule has 0 saturated heterocycles. The van der Waals surface area contributed by atoms with E-state index >= 15 is 0 Å². The number of hydrogen-bond acceptors (Lipinski definition) is 3. The van der Waals surface area contributed by atoms with Gasteiger partial charge in [0.2, 0.25) is 0 Å². The molecule has 3 nitrogen and oxygen atoms in total. The van der Waals surface area contributed by atoms with Gasteiger partial charge in [0.25, 0.3) is 0 Å². The molecule has 0 atom stereocenters. The van der Waals surface area contributed by atoms with Gasteiger partial charge in [0.1, 0.15) is 12.0 Å². The average Bonchev–Trinajstić information content (AvgIpc) is 2.49. The van der Waals surface area contributed by atoms with E-state index in [4.69, 9.17) is 9.47 Å². The van der Waals surface area contributed by atoms with Crippen molar-refractivity contribution in [2.24, 2.45) is 0 Å². The van der Waals surface area contributed by atoms with Crippen molar-refractivity contribution in [1.82, 2.24) is 0 Å². The van der Waals surface area contributed by atoms with E-state index in [2.05, 4.69) is 22.9 Å². The van der Waals surface area contributed by atoms with E-state index in [1.807, 2.05) is 18.2 Å². The fourth-order valence-corrected chi connectivity index (χ4v) is 2.29. The molecule has 0 amide bonds. The van der Waals surface area contributed by atoms with Gasteiger partial charge in [-0.15, -0.1) is 0 Å². The summed E-state index contributed by atoms with van der Waals surface area (Å²) in [4.78, 5) is 10.7. The number of carbonyl (C=O) groups is 1. The van der Waals surface area contributed by atoms with Crippen molar-refractivity contribution in [2.45, 2.75) is 13.3 Å². The Balaban J connectivity index is 2.32. The lowest BCUT2D eigenvalue weighted by molar-refractivity contribution is 0.112. The molecule has 0 unspecified atom stereocenters. The Morgan fingerprint density at radius 3 is 2.45 bits per heavy atom. The first kappa shape index (κ1) is 14.6. The number of hydrogen-bond donors (Lipinski definition) is 0. The van der Waals surface area contributed by atoms with Crippen LogP contribution in [0.15, 0.2) is 40.9 Å². The maximum absolute atomic E-state index is 10.7. The second-order valence-corrected chi connectivity index (χ2v) is 5.10. The van der Waals surface area contributed by atoms with Crippen LogP contribution in [0.2, 0.25) is 0 Å². The van der Waals surface area contributed by atoms with Gasteiger partial charge >= 0.3 is 0 Å². The second kappa shape index (κ2) is 6.57. The molecule has 104 valence electrons. The highest BCUT2D eigenvalue weighted by Crippen LogP contribution is 2.36. The third-order valence-corrected chi connectivity index (χ3v) is 3.57. The normalized spacial score (nSPS) is 10.2. The smallest absolute Gasteiger partial charge is 0.169 e. The molecule has 0 radical (unpaired) electrons. The van der Waals surface area contributed by atoms with Crippen LogP contribution in [-0.2, 0) is 6.42 Å². The molecule has 2 aromatic rings. The maximum atomic E-state index is 10.7. The quantitative estimate of drug-likeness (QED) is 0.748. The Kier molecular flexibility index (Phi) is 4.79. The summed E-state index contributed by atoms with van der Waals surface area (Å²) in [5.41, 5.74) is 1.78. The zero-order valence-corrected chi connectivity index (χ0v) is 12.9. The highest BCUT2D eigenvalue weighted by molar-refractivity contribution is 9.10. The molecular formula is C16H15BrO3. The highest BCUT2D eigenvalue weighted by atomic mass is 79.9. The van der Waals surface area contributed by atoms with Crippen LogP contribution < -0.4 is 9.47 Å². The van der Waals surface area contributed by atoms with Crippen molar-refractivity contribution in [3.63, 3.8) is 0 Å². The number of rotatable bonds is 5. The third-order valence-electron chi connectivity index (χ3n) is 2.95. The molecule has 0 aromatic heterocycles. The van der Waals surface area contributed by atoms with Crippen molar-refractivity contribution < 1.29 is 14.3 Å². The lowest BCUT2D eigenvalue weighted by Crippen LogP contribution is -1.93. The van der Waals surface area contributed by atoms with Gasteiger partial charge in [0.05, 0.1) is 11.6 Å². The van der Waals surface area contributed by atoms with Crippen LogP contribution in [0.3, 0.4) is 0 Å². The van der Waals surface area contributed by atoms with Crippen LogP contribution in [-0.4, -0.2) is 13.4 Å². The summed E-state index contributed by atoms with van der Waals surface area (Å²) in [6.07, 6.45) is 1.74. The Morgan fingerprint density at radius 1 is 1.10 bits per heavy atom. The zero-order chi connectivity index (χ0) is 14.5. The molecule has 0 fully saturated rings. The molecule has 0 aliphatic carbocycles. The monoisotopic (exact) mass is 334 g/mol.